The van der Waals surface area contributed by atoms with Crippen molar-refractivity contribution in [2.45, 2.75) is 45.6 Å². The second kappa shape index (κ2) is 6.85. The maximum absolute atomic E-state index is 5.60. The molecule has 0 atom stereocenters. The first-order valence-electron chi connectivity index (χ1n) is 7.05. The number of piperidine rings is 1. The molecule has 0 amide bonds. The first-order valence-corrected chi connectivity index (χ1v) is 7.05. The van der Waals surface area contributed by atoms with E-state index in [0.717, 1.165) is 63.1 Å². The molecule has 5 heteroatoms. The summed E-state index contributed by atoms with van der Waals surface area (Å²) in [6.45, 7) is 5.98. The van der Waals surface area contributed by atoms with Crippen molar-refractivity contribution in [3.05, 3.63) is 11.7 Å². The van der Waals surface area contributed by atoms with E-state index in [0.29, 0.717) is 0 Å². The quantitative estimate of drug-likeness (QED) is 0.832. The second-order valence-electron chi connectivity index (χ2n) is 5.15. The van der Waals surface area contributed by atoms with E-state index >= 15 is 0 Å². The van der Waals surface area contributed by atoms with Gasteiger partial charge in [0.1, 0.15) is 0 Å². The van der Waals surface area contributed by atoms with E-state index in [1.807, 2.05) is 0 Å². The molecule has 1 aromatic rings. The summed E-state index contributed by atoms with van der Waals surface area (Å²) in [5, 5.41) is 3.99. The molecule has 102 valence electrons. The molecule has 1 aliphatic heterocycles. The maximum Gasteiger partial charge on any atom is 0.240 e. The SMILES string of the molecule is CCCc1noc(CN2CCC(CCN)CC2)n1. The predicted octanol–water partition coefficient (Wildman–Crippen LogP) is 1.58. The number of hydrogen-bond acceptors (Lipinski definition) is 5. The molecular weight excluding hydrogens is 228 g/mol. The van der Waals surface area contributed by atoms with Crippen LogP contribution >= 0.6 is 0 Å². The van der Waals surface area contributed by atoms with E-state index in [1.165, 1.54) is 12.8 Å². The molecule has 0 spiro atoms. The van der Waals surface area contributed by atoms with Crippen LogP contribution in [0.5, 0.6) is 0 Å². The van der Waals surface area contributed by atoms with E-state index in [2.05, 4.69) is 22.0 Å². The topological polar surface area (TPSA) is 68.2 Å². The summed E-state index contributed by atoms with van der Waals surface area (Å²) in [6.07, 6.45) is 5.61. The van der Waals surface area contributed by atoms with Gasteiger partial charge in [-0.15, -0.1) is 0 Å². The summed E-state index contributed by atoms with van der Waals surface area (Å²) in [4.78, 5) is 6.81. The average Bonchev–Trinajstić information content (AvgIpc) is 2.80. The molecule has 1 saturated heterocycles. The third kappa shape index (κ3) is 3.78. The molecule has 5 nitrogen and oxygen atoms in total. The van der Waals surface area contributed by atoms with Gasteiger partial charge >= 0.3 is 0 Å². The van der Waals surface area contributed by atoms with Gasteiger partial charge in [-0.25, -0.2) is 0 Å². The van der Waals surface area contributed by atoms with Gasteiger partial charge < -0.3 is 10.3 Å². The molecule has 2 rings (SSSR count). The van der Waals surface area contributed by atoms with Crippen LogP contribution in [0.1, 0.15) is 44.3 Å². The summed E-state index contributed by atoms with van der Waals surface area (Å²) >= 11 is 0. The lowest BCUT2D eigenvalue weighted by Crippen LogP contribution is -2.33. The Hall–Kier alpha value is -0.940. The van der Waals surface area contributed by atoms with Gasteiger partial charge in [-0.2, -0.15) is 4.98 Å². The minimum atomic E-state index is 0.760. The summed E-state index contributed by atoms with van der Waals surface area (Å²) in [7, 11) is 0. The normalized spacial score (nSPS) is 18.3. The molecule has 1 aliphatic rings. The zero-order valence-corrected chi connectivity index (χ0v) is 11.3. The van der Waals surface area contributed by atoms with E-state index in [1.54, 1.807) is 0 Å². The van der Waals surface area contributed by atoms with E-state index < -0.39 is 0 Å². The third-order valence-corrected chi connectivity index (χ3v) is 3.62. The van der Waals surface area contributed by atoms with Crippen molar-refractivity contribution in [1.82, 2.24) is 15.0 Å². The summed E-state index contributed by atoms with van der Waals surface area (Å²) < 4.78 is 5.27. The molecule has 0 radical (unpaired) electrons. The van der Waals surface area contributed by atoms with Gasteiger partial charge in [0, 0.05) is 6.42 Å². The maximum atomic E-state index is 5.60. The Kier molecular flexibility index (Phi) is 5.13. The van der Waals surface area contributed by atoms with Crippen molar-refractivity contribution in [2.75, 3.05) is 19.6 Å². The van der Waals surface area contributed by atoms with Crippen LogP contribution in [0.25, 0.3) is 0 Å². The third-order valence-electron chi connectivity index (χ3n) is 3.62. The standard InChI is InChI=1S/C13H24N4O/c1-2-3-12-15-13(18-16-12)10-17-8-5-11(4-7-14)6-9-17/h11H,2-10,14H2,1H3. The molecule has 0 bridgehead atoms. The molecule has 1 aromatic heterocycles. The number of nitrogens with zero attached hydrogens (tertiary/aromatic N) is 3. The fourth-order valence-corrected chi connectivity index (χ4v) is 2.54. The molecule has 0 aromatic carbocycles. The summed E-state index contributed by atoms with van der Waals surface area (Å²) in [5.74, 6) is 2.41. The lowest BCUT2D eigenvalue weighted by molar-refractivity contribution is 0.156. The van der Waals surface area contributed by atoms with E-state index in [9.17, 15) is 0 Å². The first kappa shape index (κ1) is 13.5. The Bertz CT molecular complexity index is 345. The molecule has 2 heterocycles. The first-order chi connectivity index (χ1) is 8.81. The smallest absolute Gasteiger partial charge is 0.240 e. The van der Waals surface area contributed by atoms with Crippen LogP contribution in [0, 0.1) is 5.92 Å². The molecule has 0 aliphatic carbocycles. The molecule has 2 N–H and O–H groups in total. The van der Waals surface area contributed by atoms with Crippen LogP contribution in [-0.2, 0) is 13.0 Å². The number of nitrogens with two attached hydrogens (primary N) is 1. The van der Waals surface area contributed by atoms with Gasteiger partial charge in [0.2, 0.25) is 5.89 Å². The van der Waals surface area contributed by atoms with Crippen molar-refractivity contribution >= 4 is 0 Å². The average molecular weight is 252 g/mol. The van der Waals surface area contributed by atoms with Gasteiger partial charge in [0.15, 0.2) is 5.82 Å². The summed E-state index contributed by atoms with van der Waals surface area (Å²) in [5.41, 5.74) is 5.60. The van der Waals surface area contributed by atoms with Crippen LogP contribution in [-0.4, -0.2) is 34.7 Å². The lowest BCUT2D eigenvalue weighted by Gasteiger charge is -2.30. The lowest BCUT2D eigenvalue weighted by atomic mass is 9.94. The highest BCUT2D eigenvalue weighted by atomic mass is 16.5. The van der Waals surface area contributed by atoms with Gasteiger partial charge in [-0.1, -0.05) is 12.1 Å². The van der Waals surface area contributed by atoms with Gasteiger partial charge in [-0.3, -0.25) is 4.90 Å². The molecule has 1 fully saturated rings. The van der Waals surface area contributed by atoms with Crippen LogP contribution in [0.15, 0.2) is 4.52 Å². The Morgan fingerprint density at radius 1 is 1.39 bits per heavy atom. The zero-order valence-electron chi connectivity index (χ0n) is 11.3. The van der Waals surface area contributed by atoms with Gasteiger partial charge in [-0.05, 0) is 51.2 Å². The van der Waals surface area contributed by atoms with Crippen LogP contribution in [0.3, 0.4) is 0 Å². The van der Waals surface area contributed by atoms with E-state index in [4.69, 9.17) is 10.3 Å². The highest BCUT2D eigenvalue weighted by molar-refractivity contribution is 4.87. The number of aryl methyl sites for hydroxylation is 1. The largest absolute Gasteiger partial charge is 0.338 e. The Morgan fingerprint density at radius 2 is 2.17 bits per heavy atom. The minimum absolute atomic E-state index is 0.760. The Morgan fingerprint density at radius 3 is 2.83 bits per heavy atom. The molecule has 0 saturated carbocycles. The fourth-order valence-electron chi connectivity index (χ4n) is 2.54. The predicted molar refractivity (Wildman–Crippen MR) is 70.0 cm³/mol. The number of hydrogen-bond donors (Lipinski definition) is 1. The van der Waals surface area contributed by atoms with Crippen molar-refractivity contribution in [2.24, 2.45) is 11.7 Å². The fraction of sp³-hybridized carbons (Fsp3) is 0.846. The van der Waals surface area contributed by atoms with Gasteiger partial charge in [0.25, 0.3) is 0 Å². The molecular formula is C13H24N4O. The summed E-state index contributed by atoms with van der Waals surface area (Å²) in [6, 6.07) is 0. The highest BCUT2D eigenvalue weighted by Gasteiger charge is 2.20. The van der Waals surface area contributed by atoms with Crippen molar-refractivity contribution in [1.29, 1.82) is 0 Å². The minimum Gasteiger partial charge on any atom is -0.338 e. The van der Waals surface area contributed by atoms with Crippen LogP contribution in [0.4, 0.5) is 0 Å². The number of aromatic nitrogens is 2. The van der Waals surface area contributed by atoms with Crippen molar-refractivity contribution < 1.29 is 4.52 Å². The second-order valence-corrected chi connectivity index (χ2v) is 5.15. The van der Waals surface area contributed by atoms with Crippen LogP contribution < -0.4 is 5.73 Å². The number of rotatable bonds is 6. The monoisotopic (exact) mass is 252 g/mol. The molecule has 0 unspecified atom stereocenters. The highest BCUT2D eigenvalue weighted by Crippen LogP contribution is 2.20. The molecule has 18 heavy (non-hydrogen) atoms. The zero-order chi connectivity index (χ0) is 12.8. The Balaban J connectivity index is 1.76. The van der Waals surface area contributed by atoms with Gasteiger partial charge in [0.05, 0.1) is 6.54 Å². The van der Waals surface area contributed by atoms with E-state index in [-0.39, 0.29) is 0 Å². The van der Waals surface area contributed by atoms with Crippen LogP contribution in [0.2, 0.25) is 0 Å². The Labute approximate surface area is 109 Å². The van der Waals surface area contributed by atoms with Crippen molar-refractivity contribution in [3.63, 3.8) is 0 Å². The number of likely N-dealkylation sites (tertiary alicyclic amines) is 1. The van der Waals surface area contributed by atoms with Crippen molar-refractivity contribution in [3.8, 4) is 0 Å².